The van der Waals surface area contributed by atoms with Crippen LogP contribution in [0.4, 0.5) is 5.13 Å². The maximum absolute atomic E-state index is 5.51. The Balaban J connectivity index is 0.000000184. The maximum atomic E-state index is 5.51. The number of nitrogens with zero attached hydrogens (tertiary/aromatic N) is 5. The van der Waals surface area contributed by atoms with Crippen molar-refractivity contribution in [2.75, 3.05) is 19.0 Å². The lowest BCUT2D eigenvalue weighted by atomic mass is 10.7. The third-order valence-corrected chi connectivity index (χ3v) is 3.76. The monoisotopic (exact) mass is 345 g/mol. The van der Waals surface area contributed by atoms with Crippen LogP contribution in [0.2, 0.25) is 4.47 Å². The molecule has 0 saturated carbocycles. The smallest absolute Gasteiger partial charge is 0.204 e. The molecule has 0 aliphatic carbocycles. The molecular formula is C8H10Cl3N5S2. The Hall–Kier alpha value is -0.210. The van der Waals surface area contributed by atoms with Crippen molar-refractivity contribution in [3.05, 3.63) is 16.1 Å². The van der Waals surface area contributed by atoms with Gasteiger partial charge in [0.05, 0.1) is 11.8 Å². The van der Waals surface area contributed by atoms with Gasteiger partial charge in [-0.1, -0.05) is 0 Å². The van der Waals surface area contributed by atoms with Crippen LogP contribution in [0.15, 0.2) is 0 Å². The van der Waals surface area contributed by atoms with Gasteiger partial charge in [-0.25, -0.2) is 9.97 Å². The Kier molecular flexibility index (Phi) is 7.10. The van der Waals surface area contributed by atoms with Crippen molar-refractivity contribution in [3.8, 4) is 0 Å². The summed E-state index contributed by atoms with van der Waals surface area (Å²) in [5, 5.41) is 0.899. The minimum Gasteiger partial charge on any atom is -0.353 e. The fourth-order valence-electron chi connectivity index (χ4n) is 0.768. The molecule has 0 atom stereocenters. The van der Waals surface area contributed by atoms with Crippen molar-refractivity contribution in [1.82, 2.24) is 18.7 Å². The fraction of sp³-hybridized carbons (Fsp3) is 0.500. The molecule has 0 N–H and O–H groups in total. The van der Waals surface area contributed by atoms with Gasteiger partial charge in [-0.05, 0) is 23.1 Å². The molecule has 0 amide bonds. The maximum Gasteiger partial charge on any atom is 0.204 e. The average Bonchev–Trinajstić information content (AvgIpc) is 2.97. The Morgan fingerprint density at radius 3 is 1.83 bits per heavy atom. The standard InChI is InChI=1S/C5H8ClN3S.C3H2Cl2N2S/c1-9(2)5-7-4(3-6)8-10-5;4-1-2-6-3(5)8-7-2/h3H2,1-2H3;1H2. The second-order valence-corrected chi connectivity index (χ2v) is 5.72. The van der Waals surface area contributed by atoms with Crippen LogP contribution in [-0.2, 0) is 11.8 Å². The highest BCUT2D eigenvalue weighted by Crippen LogP contribution is 2.14. The molecule has 0 aromatic carbocycles. The zero-order valence-corrected chi connectivity index (χ0v) is 13.5. The summed E-state index contributed by atoms with van der Waals surface area (Å²) in [6.07, 6.45) is 0. The number of alkyl halides is 2. The number of aromatic nitrogens is 4. The minimum absolute atomic E-state index is 0.337. The fourth-order valence-corrected chi connectivity index (χ4v) is 2.38. The second kappa shape index (κ2) is 8.06. The molecule has 2 rings (SSSR count). The summed E-state index contributed by atoms with van der Waals surface area (Å²) in [6, 6.07) is 0. The van der Waals surface area contributed by atoms with Crippen molar-refractivity contribution in [3.63, 3.8) is 0 Å². The van der Waals surface area contributed by atoms with Crippen LogP contribution < -0.4 is 4.90 Å². The topological polar surface area (TPSA) is 54.8 Å². The van der Waals surface area contributed by atoms with E-state index in [0.717, 1.165) is 16.7 Å². The van der Waals surface area contributed by atoms with E-state index in [1.165, 1.54) is 11.5 Å². The average molecular weight is 347 g/mol. The summed E-state index contributed by atoms with van der Waals surface area (Å²) >= 11 is 18.8. The van der Waals surface area contributed by atoms with Crippen LogP contribution in [0.1, 0.15) is 11.6 Å². The van der Waals surface area contributed by atoms with Crippen LogP contribution in [-0.4, -0.2) is 32.8 Å². The number of hydrogen-bond donors (Lipinski definition) is 0. The normalized spacial score (nSPS) is 9.83. The summed E-state index contributed by atoms with van der Waals surface area (Å²) in [4.78, 5) is 9.81. The third-order valence-electron chi connectivity index (χ3n) is 1.52. The van der Waals surface area contributed by atoms with E-state index in [4.69, 9.17) is 34.8 Å². The number of halogens is 3. The molecule has 0 spiro atoms. The predicted molar refractivity (Wildman–Crippen MR) is 78.3 cm³/mol. The quantitative estimate of drug-likeness (QED) is 0.798. The zero-order chi connectivity index (χ0) is 13.5. The zero-order valence-electron chi connectivity index (χ0n) is 9.60. The molecule has 0 aliphatic rings. The molecule has 10 heteroatoms. The first kappa shape index (κ1) is 15.8. The Labute approximate surface area is 128 Å². The third kappa shape index (κ3) is 5.19. The molecule has 0 aliphatic heterocycles. The van der Waals surface area contributed by atoms with Crippen molar-refractivity contribution in [1.29, 1.82) is 0 Å². The summed E-state index contributed by atoms with van der Waals surface area (Å²) in [7, 11) is 3.86. The van der Waals surface area contributed by atoms with Gasteiger partial charge in [-0.3, -0.25) is 0 Å². The van der Waals surface area contributed by atoms with E-state index in [1.54, 1.807) is 0 Å². The Morgan fingerprint density at radius 2 is 1.56 bits per heavy atom. The summed E-state index contributed by atoms with van der Waals surface area (Å²) in [6.45, 7) is 0. The van der Waals surface area contributed by atoms with E-state index >= 15 is 0 Å². The summed E-state index contributed by atoms with van der Waals surface area (Å²) in [5.41, 5.74) is 0. The van der Waals surface area contributed by atoms with Gasteiger partial charge in [0.1, 0.15) is 0 Å². The predicted octanol–water partition coefficient (Wildman–Crippen LogP) is 3.27. The van der Waals surface area contributed by atoms with Gasteiger partial charge in [-0.15, -0.1) is 23.2 Å². The number of hydrogen-bond acceptors (Lipinski definition) is 7. The molecule has 100 valence electrons. The lowest BCUT2D eigenvalue weighted by Crippen LogP contribution is -2.07. The molecule has 2 aromatic rings. The van der Waals surface area contributed by atoms with E-state index in [0.29, 0.717) is 27.9 Å². The first-order chi connectivity index (χ1) is 8.56. The van der Waals surface area contributed by atoms with Gasteiger partial charge in [-0.2, -0.15) is 8.75 Å². The van der Waals surface area contributed by atoms with Gasteiger partial charge < -0.3 is 4.90 Å². The summed E-state index contributed by atoms with van der Waals surface area (Å²) < 4.78 is 8.26. The molecule has 5 nitrogen and oxygen atoms in total. The molecule has 0 fully saturated rings. The lowest BCUT2D eigenvalue weighted by Gasteiger charge is -2.03. The van der Waals surface area contributed by atoms with Gasteiger partial charge >= 0.3 is 0 Å². The molecule has 0 unspecified atom stereocenters. The molecule has 0 bridgehead atoms. The van der Waals surface area contributed by atoms with Gasteiger partial charge in [0.2, 0.25) is 9.60 Å². The SMILES string of the molecule is CN(C)c1nc(CCl)ns1.ClCc1nsc(Cl)n1. The van der Waals surface area contributed by atoms with E-state index in [2.05, 4.69) is 18.7 Å². The van der Waals surface area contributed by atoms with Gasteiger partial charge in [0.25, 0.3) is 0 Å². The van der Waals surface area contributed by atoms with Crippen molar-refractivity contribution in [2.45, 2.75) is 11.8 Å². The van der Waals surface area contributed by atoms with Crippen molar-refractivity contribution >= 4 is 63.0 Å². The van der Waals surface area contributed by atoms with Crippen molar-refractivity contribution < 1.29 is 0 Å². The Bertz CT molecular complexity index is 473. The molecular weight excluding hydrogens is 337 g/mol. The van der Waals surface area contributed by atoms with Crippen LogP contribution in [0.5, 0.6) is 0 Å². The van der Waals surface area contributed by atoms with E-state index < -0.39 is 0 Å². The van der Waals surface area contributed by atoms with E-state index in [-0.39, 0.29) is 0 Å². The highest BCUT2D eigenvalue weighted by atomic mass is 35.5. The number of rotatable bonds is 3. The van der Waals surface area contributed by atoms with Gasteiger partial charge in [0.15, 0.2) is 11.6 Å². The molecule has 2 aromatic heterocycles. The highest BCUT2D eigenvalue weighted by molar-refractivity contribution is 7.10. The van der Waals surface area contributed by atoms with Crippen molar-refractivity contribution in [2.24, 2.45) is 0 Å². The largest absolute Gasteiger partial charge is 0.353 e. The van der Waals surface area contributed by atoms with Crippen LogP contribution >= 0.6 is 57.9 Å². The van der Waals surface area contributed by atoms with Crippen LogP contribution in [0, 0.1) is 0 Å². The van der Waals surface area contributed by atoms with Crippen LogP contribution in [0.3, 0.4) is 0 Å². The summed E-state index contributed by atoms with van der Waals surface area (Å²) in [5.74, 6) is 2.03. The first-order valence-corrected chi connectivity index (χ1v) is 7.66. The molecule has 0 saturated heterocycles. The highest BCUT2D eigenvalue weighted by Gasteiger charge is 2.02. The van der Waals surface area contributed by atoms with Crippen LogP contribution in [0.25, 0.3) is 0 Å². The first-order valence-electron chi connectivity index (χ1n) is 4.66. The molecule has 0 radical (unpaired) electrons. The van der Waals surface area contributed by atoms with E-state index in [9.17, 15) is 0 Å². The minimum atomic E-state index is 0.337. The number of anilines is 1. The molecule has 2 heterocycles. The Morgan fingerprint density at radius 1 is 1.00 bits per heavy atom. The molecule has 18 heavy (non-hydrogen) atoms. The van der Waals surface area contributed by atoms with Gasteiger partial charge in [0, 0.05) is 25.6 Å². The lowest BCUT2D eigenvalue weighted by molar-refractivity contribution is 1.06. The second-order valence-electron chi connectivity index (χ2n) is 3.12. The van der Waals surface area contributed by atoms with E-state index in [1.807, 2.05) is 19.0 Å².